The van der Waals surface area contributed by atoms with Gasteiger partial charge in [0, 0.05) is 11.1 Å². The molecule has 0 spiro atoms. The molecule has 0 bridgehead atoms. The lowest BCUT2D eigenvalue weighted by Gasteiger charge is -2.15. The van der Waals surface area contributed by atoms with Crippen molar-refractivity contribution >= 4 is 5.84 Å². The minimum atomic E-state index is 0.0612. The lowest BCUT2D eigenvalue weighted by Crippen LogP contribution is -2.11. The van der Waals surface area contributed by atoms with Crippen LogP contribution in [0.2, 0.25) is 0 Å². The SMILES string of the molecule is C=CCc1cc(OC)ccc1OCCOc1ccc(-c2ccc(C(=N)N)cc2)cc1CC=C. The summed E-state index contributed by atoms with van der Waals surface area (Å²) >= 11 is 0. The number of hydrogen-bond donors (Lipinski definition) is 2. The number of amidine groups is 1. The highest BCUT2D eigenvalue weighted by molar-refractivity contribution is 5.95. The van der Waals surface area contributed by atoms with Gasteiger partial charge in [0.05, 0.1) is 7.11 Å². The maximum absolute atomic E-state index is 7.54. The molecule has 170 valence electrons. The van der Waals surface area contributed by atoms with Crippen LogP contribution in [0.5, 0.6) is 17.2 Å². The van der Waals surface area contributed by atoms with E-state index in [1.165, 1.54) is 0 Å². The normalized spacial score (nSPS) is 10.3. The summed E-state index contributed by atoms with van der Waals surface area (Å²) in [5, 5.41) is 7.54. The minimum Gasteiger partial charge on any atom is -0.497 e. The third-order valence-corrected chi connectivity index (χ3v) is 5.18. The van der Waals surface area contributed by atoms with Gasteiger partial charge in [-0.15, -0.1) is 13.2 Å². The van der Waals surface area contributed by atoms with Crippen molar-refractivity contribution in [2.45, 2.75) is 12.8 Å². The Morgan fingerprint density at radius 1 is 0.818 bits per heavy atom. The standard InChI is InChI=1S/C28H30N2O3/c1-4-6-23-18-22(20-8-10-21(11-9-20)28(29)30)12-14-26(23)32-16-17-33-27-15-13-25(31-3)19-24(27)7-5-2/h4-5,8-15,18-19H,1-2,6-7,16-17H2,3H3,(H3,29,30). The molecule has 0 heterocycles. The highest BCUT2D eigenvalue weighted by atomic mass is 16.5. The first-order chi connectivity index (χ1) is 16.0. The zero-order chi connectivity index (χ0) is 23.6. The van der Waals surface area contributed by atoms with Crippen molar-refractivity contribution in [3.05, 3.63) is 103 Å². The number of benzene rings is 3. The average molecular weight is 443 g/mol. The highest BCUT2D eigenvalue weighted by Crippen LogP contribution is 2.28. The zero-order valence-electron chi connectivity index (χ0n) is 19.0. The van der Waals surface area contributed by atoms with Gasteiger partial charge in [0.1, 0.15) is 36.3 Å². The Labute approximate surface area is 195 Å². The van der Waals surface area contributed by atoms with Gasteiger partial charge in [0.2, 0.25) is 0 Å². The van der Waals surface area contributed by atoms with Crippen LogP contribution in [0.1, 0.15) is 16.7 Å². The van der Waals surface area contributed by atoms with Gasteiger partial charge < -0.3 is 19.9 Å². The van der Waals surface area contributed by atoms with E-state index in [1.807, 2.05) is 66.7 Å². The van der Waals surface area contributed by atoms with Crippen molar-refractivity contribution in [1.82, 2.24) is 0 Å². The molecule has 5 heteroatoms. The van der Waals surface area contributed by atoms with Crippen LogP contribution in [-0.4, -0.2) is 26.2 Å². The second-order valence-electron chi connectivity index (χ2n) is 7.47. The first-order valence-corrected chi connectivity index (χ1v) is 10.8. The molecule has 3 aromatic carbocycles. The molecule has 0 aliphatic rings. The third-order valence-electron chi connectivity index (χ3n) is 5.18. The minimum absolute atomic E-state index is 0.0612. The first kappa shape index (κ1) is 23.7. The number of methoxy groups -OCH3 is 1. The molecule has 33 heavy (non-hydrogen) atoms. The Morgan fingerprint density at radius 2 is 1.36 bits per heavy atom. The lowest BCUT2D eigenvalue weighted by atomic mass is 9.99. The number of nitrogens with one attached hydrogen (secondary N) is 1. The number of allylic oxidation sites excluding steroid dienone is 2. The predicted octanol–water partition coefficient (Wildman–Crippen LogP) is 5.56. The molecule has 0 aliphatic carbocycles. The molecular weight excluding hydrogens is 412 g/mol. The Kier molecular flexibility index (Phi) is 8.30. The molecule has 0 radical (unpaired) electrons. The fraction of sp³-hybridized carbons (Fsp3) is 0.179. The molecule has 5 nitrogen and oxygen atoms in total. The largest absolute Gasteiger partial charge is 0.497 e. The molecule has 0 aliphatic heterocycles. The van der Waals surface area contributed by atoms with Gasteiger partial charge in [0.15, 0.2) is 0 Å². The number of nitrogen functional groups attached to an aromatic ring is 1. The second-order valence-corrected chi connectivity index (χ2v) is 7.47. The molecule has 0 fully saturated rings. The predicted molar refractivity (Wildman–Crippen MR) is 135 cm³/mol. The van der Waals surface area contributed by atoms with Gasteiger partial charge in [-0.3, -0.25) is 5.41 Å². The third kappa shape index (κ3) is 6.26. The average Bonchev–Trinajstić information content (AvgIpc) is 2.83. The molecule has 0 aromatic heterocycles. The Hall–Kier alpha value is -3.99. The van der Waals surface area contributed by atoms with Gasteiger partial charge in [-0.25, -0.2) is 0 Å². The molecule has 3 rings (SSSR count). The Balaban J connectivity index is 1.67. The van der Waals surface area contributed by atoms with Crippen LogP contribution in [-0.2, 0) is 12.8 Å². The van der Waals surface area contributed by atoms with Crippen molar-refractivity contribution in [2.75, 3.05) is 20.3 Å². The molecule has 0 unspecified atom stereocenters. The first-order valence-electron chi connectivity index (χ1n) is 10.8. The van der Waals surface area contributed by atoms with E-state index in [9.17, 15) is 0 Å². The fourth-order valence-electron chi connectivity index (χ4n) is 3.50. The van der Waals surface area contributed by atoms with E-state index in [0.717, 1.165) is 39.5 Å². The number of rotatable bonds is 12. The van der Waals surface area contributed by atoms with Crippen LogP contribution < -0.4 is 19.9 Å². The van der Waals surface area contributed by atoms with E-state index >= 15 is 0 Å². The van der Waals surface area contributed by atoms with Crippen LogP contribution >= 0.6 is 0 Å². The van der Waals surface area contributed by atoms with Crippen LogP contribution in [0, 0.1) is 5.41 Å². The number of nitrogens with two attached hydrogens (primary N) is 1. The van der Waals surface area contributed by atoms with E-state index in [4.69, 9.17) is 25.4 Å². The lowest BCUT2D eigenvalue weighted by molar-refractivity contribution is 0.215. The van der Waals surface area contributed by atoms with E-state index in [2.05, 4.69) is 19.2 Å². The van der Waals surface area contributed by atoms with Gasteiger partial charge >= 0.3 is 0 Å². The summed E-state index contributed by atoms with van der Waals surface area (Å²) in [6, 6.07) is 19.5. The molecule has 0 atom stereocenters. The quantitative estimate of drug-likeness (QED) is 0.167. The van der Waals surface area contributed by atoms with Crippen molar-refractivity contribution in [3.8, 4) is 28.4 Å². The topological polar surface area (TPSA) is 77.6 Å². The van der Waals surface area contributed by atoms with E-state index in [0.29, 0.717) is 31.6 Å². The molecular formula is C28H30N2O3. The zero-order valence-corrected chi connectivity index (χ0v) is 19.0. The van der Waals surface area contributed by atoms with Crippen LogP contribution in [0.3, 0.4) is 0 Å². The van der Waals surface area contributed by atoms with Crippen LogP contribution in [0.4, 0.5) is 0 Å². The summed E-state index contributed by atoms with van der Waals surface area (Å²) < 4.78 is 17.3. The summed E-state index contributed by atoms with van der Waals surface area (Å²) in [4.78, 5) is 0. The Bertz CT molecular complexity index is 1120. The number of ether oxygens (including phenoxy) is 3. The van der Waals surface area contributed by atoms with Crippen molar-refractivity contribution < 1.29 is 14.2 Å². The van der Waals surface area contributed by atoms with E-state index < -0.39 is 0 Å². The monoisotopic (exact) mass is 442 g/mol. The summed E-state index contributed by atoms with van der Waals surface area (Å²) in [6.07, 6.45) is 5.10. The van der Waals surface area contributed by atoms with E-state index in [-0.39, 0.29) is 5.84 Å². The summed E-state index contributed by atoms with van der Waals surface area (Å²) in [7, 11) is 1.65. The van der Waals surface area contributed by atoms with Gasteiger partial charge in [-0.05, 0) is 59.9 Å². The van der Waals surface area contributed by atoms with Crippen LogP contribution in [0.15, 0.2) is 86.0 Å². The highest BCUT2D eigenvalue weighted by Gasteiger charge is 2.08. The second kappa shape index (κ2) is 11.6. The maximum Gasteiger partial charge on any atom is 0.123 e. The van der Waals surface area contributed by atoms with Gasteiger partial charge in [0.25, 0.3) is 0 Å². The van der Waals surface area contributed by atoms with Crippen molar-refractivity contribution in [2.24, 2.45) is 5.73 Å². The number of hydrogen-bond acceptors (Lipinski definition) is 4. The molecule has 3 aromatic rings. The molecule has 0 saturated carbocycles. The van der Waals surface area contributed by atoms with Gasteiger partial charge in [-0.2, -0.15) is 0 Å². The smallest absolute Gasteiger partial charge is 0.123 e. The summed E-state index contributed by atoms with van der Waals surface area (Å²) in [5.74, 6) is 2.46. The van der Waals surface area contributed by atoms with Gasteiger partial charge in [-0.1, -0.05) is 42.5 Å². The van der Waals surface area contributed by atoms with Crippen molar-refractivity contribution in [3.63, 3.8) is 0 Å². The Morgan fingerprint density at radius 3 is 1.91 bits per heavy atom. The summed E-state index contributed by atoms with van der Waals surface area (Å²) in [5.41, 5.74) is 10.5. The molecule has 3 N–H and O–H groups in total. The van der Waals surface area contributed by atoms with E-state index in [1.54, 1.807) is 7.11 Å². The molecule has 0 amide bonds. The summed E-state index contributed by atoms with van der Waals surface area (Å²) in [6.45, 7) is 8.51. The van der Waals surface area contributed by atoms with Crippen molar-refractivity contribution in [1.29, 1.82) is 5.41 Å². The molecule has 0 saturated heterocycles. The maximum atomic E-state index is 7.54. The fourth-order valence-corrected chi connectivity index (χ4v) is 3.50. The van der Waals surface area contributed by atoms with Crippen LogP contribution in [0.25, 0.3) is 11.1 Å².